The van der Waals surface area contributed by atoms with Crippen LogP contribution in [-0.4, -0.2) is 11.8 Å². The monoisotopic (exact) mass is 384 g/mol. The minimum atomic E-state index is -0.143. The average Bonchev–Trinajstić information content (AvgIpc) is 3.34. The molecule has 0 atom stereocenters. The molecule has 1 aromatic heterocycles. The molecule has 0 spiro atoms. The smallest absolute Gasteiger partial charge is 0.265 e. The minimum absolute atomic E-state index is 0.0498. The summed E-state index contributed by atoms with van der Waals surface area (Å²) >= 11 is 1.40. The molecule has 2 heterocycles. The van der Waals surface area contributed by atoms with Crippen LogP contribution in [0.1, 0.15) is 25.6 Å². The van der Waals surface area contributed by atoms with Crippen molar-refractivity contribution in [1.82, 2.24) is 0 Å². The van der Waals surface area contributed by atoms with Crippen LogP contribution in [0, 0.1) is 6.92 Å². The molecule has 0 unspecified atom stereocenters. The number of hydrogen-bond donors (Lipinski definition) is 1. The molecule has 4 aromatic rings. The van der Waals surface area contributed by atoms with Gasteiger partial charge in [0.1, 0.15) is 0 Å². The summed E-state index contributed by atoms with van der Waals surface area (Å²) in [7, 11) is 0. The van der Waals surface area contributed by atoms with E-state index in [1.54, 1.807) is 11.0 Å². The molecule has 0 bridgehead atoms. The Morgan fingerprint density at radius 3 is 2.54 bits per heavy atom. The van der Waals surface area contributed by atoms with Gasteiger partial charge in [0.25, 0.3) is 11.8 Å². The molecule has 5 rings (SSSR count). The van der Waals surface area contributed by atoms with Gasteiger partial charge in [-0.15, -0.1) is 11.3 Å². The van der Waals surface area contributed by atoms with Gasteiger partial charge in [-0.3, -0.25) is 14.5 Å². The first-order valence-electron chi connectivity index (χ1n) is 8.95. The van der Waals surface area contributed by atoms with E-state index < -0.39 is 0 Å². The Hall–Kier alpha value is -3.44. The molecule has 136 valence electrons. The summed E-state index contributed by atoms with van der Waals surface area (Å²) in [5, 5.41) is 6.60. The van der Waals surface area contributed by atoms with E-state index in [0.29, 0.717) is 16.1 Å². The highest BCUT2D eigenvalue weighted by molar-refractivity contribution is 7.12. The quantitative estimate of drug-likeness (QED) is 0.489. The Morgan fingerprint density at radius 1 is 0.964 bits per heavy atom. The van der Waals surface area contributed by atoms with Gasteiger partial charge in [-0.2, -0.15) is 0 Å². The van der Waals surface area contributed by atoms with Crippen LogP contribution in [0.25, 0.3) is 10.8 Å². The Kier molecular flexibility index (Phi) is 3.77. The van der Waals surface area contributed by atoms with E-state index in [0.717, 1.165) is 27.7 Å². The van der Waals surface area contributed by atoms with E-state index in [1.807, 2.05) is 73.0 Å². The Bertz CT molecular complexity index is 1230. The summed E-state index contributed by atoms with van der Waals surface area (Å²) in [4.78, 5) is 28.0. The molecule has 28 heavy (non-hydrogen) atoms. The first kappa shape index (κ1) is 16.7. The van der Waals surface area contributed by atoms with Crippen LogP contribution >= 0.6 is 11.3 Å². The fourth-order valence-electron chi connectivity index (χ4n) is 3.63. The molecule has 0 saturated heterocycles. The predicted molar refractivity (Wildman–Crippen MR) is 114 cm³/mol. The fraction of sp³-hybridized carbons (Fsp3) is 0.0435. The first-order valence-corrected chi connectivity index (χ1v) is 9.83. The number of nitrogens with zero attached hydrogens (tertiary/aromatic N) is 1. The summed E-state index contributed by atoms with van der Waals surface area (Å²) in [5.41, 5.74) is 4.18. The number of benzene rings is 3. The maximum absolute atomic E-state index is 13.1. The van der Waals surface area contributed by atoms with Crippen LogP contribution in [0.15, 0.2) is 72.1 Å². The molecule has 4 nitrogen and oxygen atoms in total. The zero-order valence-electron chi connectivity index (χ0n) is 15.1. The number of aryl methyl sites for hydroxylation is 1. The summed E-state index contributed by atoms with van der Waals surface area (Å²) < 4.78 is 0. The highest BCUT2D eigenvalue weighted by Crippen LogP contribution is 2.44. The van der Waals surface area contributed by atoms with Gasteiger partial charge in [0.2, 0.25) is 0 Å². The second-order valence-electron chi connectivity index (χ2n) is 6.77. The highest BCUT2D eigenvalue weighted by atomic mass is 32.1. The lowest BCUT2D eigenvalue weighted by Gasteiger charge is -2.18. The van der Waals surface area contributed by atoms with Crippen molar-refractivity contribution in [3.05, 3.63) is 88.1 Å². The van der Waals surface area contributed by atoms with E-state index in [9.17, 15) is 9.59 Å². The number of thiophene rings is 1. The molecule has 5 heteroatoms. The van der Waals surface area contributed by atoms with Crippen molar-refractivity contribution in [2.24, 2.45) is 0 Å². The molecule has 0 radical (unpaired) electrons. The lowest BCUT2D eigenvalue weighted by atomic mass is 10.0. The molecule has 0 fully saturated rings. The predicted octanol–water partition coefficient (Wildman–Crippen LogP) is 5.75. The van der Waals surface area contributed by atoms with Crippen LogP contribution in [-0.2, 0) is 0 Å². The van der Waals surface area contributed by atoms with Gasteiger partial charge in [-0.05, 0) is 48.7 Å². The molecule has 2 amide bonds. The Balaban J connectivity index is 1.63. The Morgan fingerprint density at radius 2 is 1.79 bits per heavy atom. The summed E-state index contributed by atoms with van der Waals surface area (Å²) in [6.07, 6.45) is 0. The lowest BCUT2D eigenvalue weighted by molar-refractivity contribution is 0.100. The molecule has 1 N–H and O–H groups in total. The van der Waals surface area contributed by atoms with Gasteiger partial charge >= 0.3 is 0 Å². The third kappa shape index (κ3) is 2.52. The third-order valence-corrected chi connectivity index (χ3v) is 5.85. The minimum Gasteiger partial charge on any atom is -0.321 e. The van der Waals surface area contributed by atoms with Crippen molar-refractivity contribution >= 4 is 51.0 Å². The van der Waals surface area contributed by atoms with Gasteiger partial charge in [0.15, 0.2) is 0 Å². The van der Waals surface area contributed by atoms with Gasteiger partial charge in [0.05, 0.1) is 16.1 Å². The number of anilines is 3. The summed E-state index contributed by atoms with van der Waals surface area (Å²) in [5.74, 6) is -0.193. The van der Waals surface area contributed by atoms with Crippen LogP contribution in [0.3, 0.4) is 0 Å². The maximum atomic E-state index is 13.1. The Labute approximate surface area is 166 Å². The molecule has 0 aliphatic carbocycles. The SMILES string of the molecule is Cc1ccc(N2C(=O)c3cccc4c(NC(=O)c5cccs5)ccc2c34)cc1. The van der Waals surface area contributed by atoms with Gasteiger partial charge in [-0.1, -0.05) is 35.9 Å². The number of nitrogens with one attached hydrogen (secondary N) is 1. The van der Waals surface area contributed by atoms with Crippen LogP contribution < -0.4 is 10.2 Å². The first-order chi connectivity index (χ1) is 13.6. The van der Waals surface area contributed by atoms with E-state index >= 15 is 0 Å². The largest absolute Gasteiger partial charge is 0.321 e. The molecule has 1 aliphatic rings. The number of carbonyl (C=O) groups excluding carboxylic acids is 2. The van der Waals surface area contributed by atoms with Crippen LogP contribution in [0.5, 0.6) is 0 Å². The lowest BCUT2D eigenvalue weighted by Crippen LogP contribution is -2.20. The van der Waals surface area contributed by atoms with Gasteiger partial charge in [0, 0.05) is 22.1 Å². The second kappa shape index (κ2) is 6.32. The van der Waals surface area contributed by atoms with Crippen molar-refractivity contribution in [2.75, 3.05) is 10.2 Å². The van der Waals surface area contributed by atoms with Crippen molar-refractivity contribution < 1.29 is 9.59 Å². The van der Waals surface area contributed by atoms with E-state index in [4.69, 9.17) is 0 Å². The van der Waals surface area contributed by atoms with Crippen molar-refractivity contribution in [2.45, 2.75) is 6.92 Å². The average molecular weight is 384 g/mol. The number of rotatable bonds is 3. The molecular weight excluding hydrogens is 368 g/mol. The molecule has 1 aliphatic heterocycles. The van der Waals surface area contributed by atoms with E-state index in [1.165, 1.54) is 11.3 Å². The topological polar surface area (TPSA) is 49.4 Å². The van der Waals surface area contributed by atoms with E-state index in [-0.39, 0.29) is 11.8 Å². The fourth-order valence-corrected chi connectivity index (χ4v) is 4.25. The third-order valence-electron chi connectivity index (χ3n) is 4.98. The maximum Gasteiger partial charge on any atom is 0.265 e. The van der Waals surface area contributed by atoms with Crippen LogP contribution in [0.2, 0.25) is 0 Å². The molecule has 0 saturated carbocycles. The van der Waals surface area contributed by atoms with Crippen molar-refractivity contribution in [3.63, 3.8) is 0 Å². The summed E-state index contributed by atoms with van der Waals surface area (Å²) in [6.45, 7) is 2.02. The van der Waals surface area contributed by atoms with E-state index in [2.05, 4.69) is 5.32 Å². The second-order valence-corrected chi connectivity index (χ2v) is 7.72. The normalized spacial score (nSPS) is 12.6. The van der Waals surface area contributed by atoms with Gasteiger partial charge in [-0.25, -0.2) is 0 Å². The van der Waals surface area contributed by atoms with Crippen molar-refractivity contribution in [3.8, 4) is 0 Å². The highest BCUT2D eigenvalue weighted by Gasteiger charge is 2.31. The number of carbonyl (C=O) groups is 2. The van der Waals surface area contributed by atoms with Crippen LogP contribution in [0.4, 0.5) is 17.1 Å². The zero-order chi connectivity index (χ0) is 19.3. The summed E-state index contributed by atoms with van der Waals surface area (Å²) in [6, 6.07) is 21.0. The molecular formula is C23H16N2O2S. The van der Waals surface area contributed by atoms with Gasteiger partial charge < -0.3 is 5.32 Å². The number of amides is 2. The standard InChI is InChI=1S/C23H16N2O2S/c1-14-7-9-15(10-8-14)25-19-12-11-18(24-22(26)20-6-3-13-28-20)16-4-2-5-17(21(16)19)23(25)27/h2-13H,1H3,(H,24,26). The zero-order valence-corrected chi connectivity index (χ0v) is 15.9. The number of hydrogen-bond acceptors (Lipinski definition) is 3. The van der Waals surface area contributed by atoms with Crippen molar-refractivity contribution in [1.29, 1.82) is 0 Å². The molecule has 3 aromatic carbocycles.